The first kappa shape index (κ1) is 33.8. The minimum atomic E-state index is -0.240. The normalized spacial score (nSPS) is 11.5. The zero-order valence-corrected chi connectivity index (χ0v) is 31.6. The third-order valence-corrected chi connectivity index (χ3v) is 11.7. The van der Waals surface area contributed by atoms with E-state index in [1.807, 2.05) is 6.07 Å². The number of rotatable bonds is 6. The Labute approximate surface area is 336 Å². The van der Waals surface area contributed by atoms with Crippen LogP contribution < -0.4 is 4.90 Å². The van der Waals surface area contributed by atoms with Gasteiger partial charge in [-0.2, -0.15) is 0 Å². The monoisotopic (exact) mass is 741 g/mol. The van der Waals surface area contributed by atoms with Crippen LogP contribution in [-0.4, -0.2) is 0 Å². The Morgan fingerprint density at radius 2 is 0.810 bits per heavy atom. The molecular weight excluding hydrogens is 706 g/mol. The first-order valence-electron chi connectivity index (χ1n) is 19.8. The number of hydrogen-bond donors (Lipinski definition) is 0. The summed E-state index contributed by atoms with van der Waals surface area (Å²) in [6.07, 6.45) is 0. The third-order valence-electron chi connectivity index (χ3n) is 11.7. The van der Waals surface area contributed by atoms with E-state index in [0.717, 1.165) is 55.3 Å². The quantitative estimate of drug-likeness (QED) is 0.153. The maximum absolute atomic E-state index is 14.8. The second-order valence-electron chi connectivity index (χ2n) is 15.0. The highest BCUT2D eigenvalue weighted by atomic mass is 19.1. The molecule has 0 fully saturated rings. The number of halogens is 1. The van der Waals surface area contributed by atoms with Gasteiger partial charge in [-0.25, -0.2) is 4.39 Å². The lowest BCUT2D eigenvalue weighted by atomic mass is 9.88. The molecule has 11 aromatic rings. The Hall–Kier alpha value is -7.55. The van der Waals surface area contributed by atoms with Crippen molar-refractivity contribution >= 4 is 70.9 Å². The zero-order valence-electron chi connectivity index (χ0n) is 31.6. The van der Waals surface area contributed by atoms with Gasteiger partial charge < -0.3 is 4.90 Å². The van der Waals surface area contributed by atoms with Gasteiger partial charge in [-0.3, -0.25) is 0 Å². The summed E-state index contributed by atoms with van der Waals surface area (Å²) in [4.78, 5) is 2.33. The Kier molecular flexibility index (Phi) is 8.08. The van der Waals surface area contributed by atoms with Gasteiger partial charge in [0, 0.05) is 17.1 Å². The smallest absolute Gasteiger partial charge is 0.123 e. The van der Waals surface area contributed by atoms with Gasteiger partial charge in [0.2, 0.25) is 0 Å². The summed E-state index contributed by atoms with van der Waals surface area (Å²) in [7, 11) is 0. The predicted molar refractivity (Wildman–Crippen MR) is 245 cm³/mol. The van der Waals surface area contributed by atoms with E-state index in [0.29, 0.717) is 0 Å². The SMILES string of the molecule is Fc1ccc2ccc3ccc(N(c4ccc(-c5cccc6ccccc56)cc4)c4ccc(-c5cc6ccccc6c6ccccc56)c(-c5ccccc5)c4)cc3c2c1. The molecule has 1 nitrogen and oxygen atoms in total. The van der Waals surface area contributed by atoms with Crippen molar-refractivity contribution < 1.29 is 4.39 Å². The largest absolute Gasteiger partial charge is 0.310 e. The summed E-state index contributed by atoms with van der Waals surface area (Å²) in [5.41, 5.74) is 10.1. The molecule has 58 heavy (non-hydrogen) atoms. The maximum atomic E-state index is 14.8. The van der Waals surface area contributed by atoms with Crippen molar-refractivity contribution in [3.63, 3.8) is 0 Å². The predicted octanol–water partition coefficient (Wildman–Crippen LogP) is 16.1. The van der Waals surface area contributed by atoms with E-state index in [1.54, 1.807) is 6.07 Å². The van der Waals surface area contributed by atoms with E-state index in [9.17, 15) is 4.39 Å². The highest BCUT2D eigenvalue weighted by molar-refractivity contribution is 6.15. The van der Waals surface area contributed by atoms with Crippen molar-refractivity contribution in [2.45, 2.75) is 0 Å². The summed E-state index contributed by atoms with van der Waals surface area (Å²) in [5.74, 6) is -0.240. The maximum Gasteiger partial charge on any atom is 0.123 e. The molecule has 0 aromatic heterocycles. The van der Waals surface area contributed by atoms with Crippen LogP contribution in [0.15, 0.2) is 218 Å². The number of benzene rings is 11. The molecule has 2 heteroatoms. The summed E-state index contributed by atoms with van der Waals surface area (Å²) < 4.78 is 14.8. The fourth-order valence-corrected chi connectivity index (χ4v) is 8.90. The van der Waals surface area contributed by atoms with Crippen LogP contribution >= 0.6 is 0 Å². The average molecular weight is 742 g/mol. The summed E-state index contributed by atoms with van der Waals surface area (Å²) in [6, 6.07) is 77.0. The van der Waals surface area contributed by atoms with Crippen molar-refractivity contribution in [1.29, 1.82) is 0 Å². The van der Waals surface area contributed by atoms with Crippen LogP contribution in [0, 0.1) is 5.82 Å². The standard InChI is InChI=1S/C56H36FN/c57-43-27-23-40-21-22-41-26-30-45(36-55(41)53(40)34-43)58(44-28-24-39(25-29-44)48-20-10-15-37-13-4-6-16-47(37)48)46-31-32-52(54(35-46)38-11-2-1-3-12-38)56-33-42-14-5-7-17-49(42)50-18-8-9-19-51(50)56/h1-36H. The van der Waals surface area contributed by atoms with Gasteiger partial charge >= 0.3 is 0 Å². The van der Waals surface area contributed by atoms with Crippen LogP contribution in [0.3, 0.4) is 0 Å². The number of nitrogens with zero attached hydrogens (tertiary/aromatic N) is 1. The van der Waals surface area contributed by atoms with E-state index in [2.05, 4.69) is 205 Å². The lowest BCUT2D eigenvalue weighted by Crippen LogP contribution is -2.10. The average Bonchev–Trinajstić information content (AvgIpc) is 3.29. The Morgan fingerprint density at radius 1 is 0.259 bits per heavy atom. The van der Waals surface area contributed by atoms with Gasteiger partial charge in [-0.15, -0.1) is 0 Å². The lowest BCUT2D eigenvalue weighted by Gasteiger charge is -2.28. The molecule has 0 atom stereocenters. The molecule has 0 unspecified atom stereocenters. The summed E-state index contributed by atoms with van der Waals surface area (Å²) in [6.45, 7) is 0. The topological polar surface area (TPSA) is 3.24 Å². The van der Waals surface area contributed by atoms with Crippen LogP contribution in [0.25, 0.3) is 87.2 Å². The number of anilines is 3. The third kappa shape index (κ3) is 5.77. The number of hydrogen-bond acceptors (Lipinski definition) is 1. The molecule has 0 spiro atoms. The van der Waals surface area contributed by atoms with E-state index < -0.39 is 0 Å². The van der Waals surface area contributed by atoms with Crippen LogP contribution in [0.1, 0.15) is 0 Å². The van der Waals surface area contributed by atoms with Crippen molar-refractivity contribution in [3.8, 4) is 33.4 Å². The fraction of sp³-hybridized carbons (Fsp3) is 0. The van der Waals surface area contributed by atoms with Crippen molar-refractivity contribution in [2.75, 3.05) is 4.90 Å². The second-order valence-corrected chi connectivity index (χ2v) is 15.0. The van der Waals surface area contributed by atoms with Crippen LogP contribution in [0.5, 0.6) is 0 Å². The Bertz CT molecular complexity index is 3340. The molecule has 0 aliphatic carbocycles. The summed E-state index contributed by atoms with van der Waals surface area (Å²) >= 11 is 0. The molecule has 0 saturated heterocycles. The first-order valence-corrected chi connectivity index (χ1v) is 19.8. The second kappa shape index (κ2) is 13.9. The van der Waals surface area contributed by atoms with Crippen molar-refractivity contribution in [1.82, 2.24) is 0 Å². The van der Waals surface area contributed by atoms with E-state index in [1.165, 1.54) is 55.1 Å². The Morgan fingerprint density at radius 3 is 1.62 bits per heavy atom. The molecule has 0 radical (unpaired) electrons. The van der Waals surface area contributed by atoms with Gasteiger partial charge in [0.15, 0.2) is 0 Å². The van der Waals surface area contributed by atoms with Gasteiger partial charge in [0.1, 0.15) is 5.82 Å². The minimum Gasteiger partial charge on any atom is -0.310 e. The molecule has 0 N–H and O–H groups in total. The molecule has 0 heterocycles. The molecule has 0 saturated carbocycles. The molecular formula is C56H36FN. The Balaban J connectivity index is 1.14. The van der Waals surface area contributed by atoms with Crippen molar-refractivity contribution in [3.05, 3.63) is 224 Å². The highest BCUT2D eigenvalue weighted by Crippen LogP contribution is 2.45. The zero-order chi connectivity index (χ0) is 38.6. The van der Waals surface area contributed by atoms with Crippen LogP contribution in [-0.2, 0) is 0 Å². The summed E-state index contributed by atoms with van der Waals surface area (Å²) in [5, 5.41) is 11.4. The fourth-order valence-electron chi connectivity index (χ4n) is 8.90. The van der Waals surface area contributed by atoms with Crippen molar-refractivity contribution in [2.24, 2.45) is 0 Å². The number of fused-ring (bicyclic) bond motifs is 7. The minimum absolute atomic E-state index is 0.240. The highest BCUT2D eigenvalue weighted by Gasteiger charge is 2.19. The lowest BCUT2D eigenvalue weighted by molar-refractivity contribution is 0.630. The van der Waals surface area contributed by atoms with Gasteiger partial charge in [-0.1, -0.05) is 164 Å². The molecule has 11 rings (SSSR count). The molecule has 0 aliphatic heterocycles. The van der Waals surface area contributed by atoms with Gasteiger partial charge in [0.05, 0.1) is 0 Å². The van der Waals surface area contributed by atoms with Gasteiger partial charge in [0.25, 0.3) is 0 Å². The van der Waals surface area contributed by atoms with Gasteiger partial charge in [-0.05, 0) is 142 Å². The first-order chi connectivity index (χ1) is 28.7. The molecule has 0 amide bonds. The van der Waals surface area contributed by atoms with E-state index in [-0.39, 0.29) is 5.82 Å². The van der Waals surface area contributed by atoms with Crippen LogP contribution in [0.2, 0.25) is 0 Å². The molecule has 272 valence electrons. The van der Waals surface area contributed by atoms with E-state index >= 15 is 0 Å². The molecule has 0 bridgehead atoms. The molecule has 0 aliphatic rings. The van der Waals surface area contributed by atoms with E-state index in [4.69, 9.17) is 0 Å². The van der Waals surface area contributed by atoms with Crippen LogP contribution in [0.4, 0.5) is 21.5 Å². The molecule has 11 aromatic carbocycles.